The fraction of sp³-hybridized carbons (Fsp3) is 0.250. The van der Waals surface area contributed by atoms with Gasteiger partial charge in [0.1, 0.15) is 6.61 Å². The van der Waals surface area contributed by atoms with Crippen LogP contribution in [0.15, 0.2) is 48.5 Å². The molecule has 0 saturated carbocycles. The zero-order valence-corrected chi connectivity index (χ0v) is 15.0. The summed E-state index contributed by atoms with van der Waals surface area (Å²) in [6.45, 7) is 1.89. The summed E-state index contributed by atoms with van der Waals surface area (Å²) in [4.78, 5) is 37.3. The number of rotatable bonds is 5. The summed E-state index contributed by atoms with van der Waals surface area (Å²) in [7, 11) is 0. The molecule has 1 unspecified atom stereocenters. The standard InChI is InChI=1S/C20H18ClNO4/c1-13(23)15-7-5-14(6-8-15)12-26-20(25)16-9-19(24)22(11-16)18-4-2-3-17(21)10-18/h2-8,10,16H,9,11-12H2,1H3. The Morgan fingerprint density at radius 3 is 2.58 bits per heavy atom. The van der Waals surface area contributed by atoms with Crippen LogP contribution < -0.4 is 4.90 Å². The number of halogens is 1. The van der Waals surface area contributed by atoms with E-state index in [0.717, 1.165) is 5.56 Å². The number of hydrogen-bond donors (Lipinski definition) is 0. The quantitative estimate of drug-likeness (QED) is 0.594. The molecule has 5 nitrogen and oxygen atoms in total. The molecule has 0 aliphatic carbocycles. The van der Waals surface area contributed by atoms with E-state index in [9.17, 15) is 14.4 Å². The normalized spacial score (nSPS) is 16.6. The summed E-state index contributed by atoms with van der Waals surface area (Å²) in [5.41, 5.74) is 2.08. The van der Waals surface area contributed by atoms with Crippen molar-refractivity contribution < 1.29 is 19.1 Å². The van der Waals surface area contributed by atoms with Crippen molar-refractivity contribution in [2.45, 2.75) is 20.0 Å². The zero-order valence-electron chi connectivity index (χ0n) is 14.3. The predicted molar refractivity (Wildman–Crippen MR) is 98.2 cm³/mol. The van der Waals surface area contributed by atoms with E-state index in [-0.39, 0.29) is 31.3 Å². The molecule has 0 radical (unpaired) electrons. The highest BCUT2D eigenvalue weighted by molar-refractivity contribution is 6.31. The largest absolute Gasteiger partial charge is 0.461 e. The van der Waals surface area contributed by atoms with E-state index in [1.807, 2.05) is 0 Å². The number of carbonyl (C=O) groups excluding carboxylic acids is 3. The SMILES string of the molecule is CC(=O)c1ccc(COC(=O)C2CC(=O)N(c3cccc(Cl)c3)C2)cc1. The van der Waals surface area contributed by atoms with Crippen LogP contribution in [0.25, 0.3) is 0 Å². The first kappa shape index (κ1) is 18.1. The maximum atomic E-state index is 12.3. The lowest BCUT2D eigenvalue weighted by molar-refractivity contribution is -0.149. The fourth-order valence-corrected chi connectivity index (χ4v) is 3.05. The van der Waals surface area contributed by atoms with Gasteiger partial charge in [-0.05, 0) is 30.7 Å². The predicted octanol–water partition coefficient (Wildman–Crippen LogP) is 3.64. The second kappa shape index (κ2) is 7.70. The molecule has 2 aromatic carbocycles. The Labute approximate surface area is 156 Å². The third-order valence-electron chi connectivity index (χ3n) is 4.32. The highest BCUT2D eigenvalue weighted by Gasteiger charge is 2.36. The van der Waals surface area contributed by atoms with Gasteiger partial charge < -0.3 is 9.64 Å². The Morgan fingerprint density at radius 1 is 1.19 bits per heavy atom. The second-order valence-electron chi connectivity index (χ2n) is 6.25. The van der Waals surface area contributed by atoms with Gasteiger partial charge >= 0.3 is 5.97 Å². The highest BCUT2D eigenvalue weighted by atomic mass is 35.5. The van der Waals surface area contributed by atoms with Crippen molar-refractivity contribution in [2.75, 3.05) is 11.4 Å². The first-order chi connectivity index (χ1) is 12.4. The maximum Gasteiger partial charge on any atom is 0.311 e. The minimum atomic E-state index is -0.502. The van der Waals surface area contributed by atoms with Crippen LogP contribution in [0.4, 0.5) is 5.69 Å². The molecular formula is C20H18ClNO4. The van der Waals surface area contributed by atoms with Crippen LogP contribution in [-0.4, -0.2) is 24.2 Å². The van der Waals surface area contributed by atoms with Crippen LogP contribution in [0, 0.1) is 5.92 Å². The molecule has 1 heterocycles. The van der Waals surface area contributed by atoms with E-state index < -0.39 is 11.9 Å². The molecule has 0 aromatic heterocycles. The van der Waals surface area contributed by atoms with Gasteiger partial charge in [-0.2, -0.15) is 0 Å². The molecule has 0 bridgehead atoms. The Morgan fingerprint density at radius 2 is 1.92 bits per heavy atom. The summed E-state index contributed by atoms with van der Waals surface area (Å²) in [6, 6.07) is 13.9. The molecule has 26 heavy (non-hydrogen) atoms. The van der Waals surface area contributed by atoms with E-state index in [1.54, 1.807) is 53.4 Å². The first-order valence-corrected chi connectivity index (χ1v) is 8.64. The van der Waals surface area contributed by atoms with Gasteiger partial charge in [0.15, 0.2) is 5.78 Å². The van der Waals surface area contributed by atoms with Crippen molar-refractivity contribution in [3.05, 3.63) is 64.7 Å². The summed E-state index contributed by atoms with van der Waals surface area (Å²) < 4.78 is 5.34. The molecule has 0 spiro atoms. The number of nitrogens with zero attached hydrogens (tertiary/aromatic N) is 1. The highest BCUT2D eigenvalue weighted by Crippen LogP contribution is 2.27. The topological polar surface area (TPSA) is 63.7 Å². The van der Waals surface area contributed by atoms with Gasteiger partial charge in [-0.25, -0.2) is 0 Å². The van der Waals surface area contributed by atoms with E-state index >= 15 is 0 Å². The average molecular weight is 372 g/mol. The van der Waals surface area contributed by atoms with E-state index in [2.05, 4.69) is 0 Å². The van der Waals surface area contributed by atoms with Crippen molar-refractivity contribution in [3.63, 3.8) is 0 Å². The number of carbonyl (C=O) groups is 3. The number of ether oxygens (including phenoxy) is 1. The number of anilines is 1. The third kappa shape index (κ3) is 4.11. The van der Waals surface area contributed by atoms with E-state index in [0.29, 0.717) is 16.3 Å². The minimum absolute atomic E-state index is 0.0147. The summed E-state index contributed by atoms with van der Waals surface area (Å²) in [6.07, 6.45) is 0.120. The fourth-order valence-electron chi connectivity index (χ4n) is 2.87. The van der Waals surface area contributed by atoms with Gasteiger partial charge in [0.25, 0.3) is 0 Å². The summed E-state index contributed by atoms with van der Waals surface area (Å²) >= 11 is 5.97. The van der Waals surface area contributed by atoms with Crippen molar-refractivity contribution in [1.29, 1.82) is 0 Å². The van der Waals surface area contributed by atoms with Crippen molar-refractivity contribution in [3.8, 4) is 0 Å². The van der Waals surface area contributed by atoms with Crippen LogP contribution in [0.3, 0.4) is 0 Å². The molecular weight excluding hydrogens is 354 g/mol. The molecule has 134 valence electrons. The van der Waals surface area contributed by atoms with Crippen LogP contribution in [0.5, 0.6) is 0 Å². The molecule has 3 rings (SSSR count). The van der Waals surface area contributed by atoms with Gasteiger partial charge in [0, 0.05) is 29.2 Å². The lowest BCUT2D eigenvalue weighted by Crippen LogP contribution is -2.26. The molecule has 1 amide bonds. The van der Waals surface area contributed by atoms with Crippen molar-refractivity contribution in [1.82, 2.24) is 0 Å². The summed E-state index contributed by atoms with van der Waals surface area (Å²) in [5.74, 6) is -1.05. The molecule has 1 aliphatic heterocycles. The smallest absolute Gasteiger partial charge is 0.311 e. The lowest BCUT2D eigenvalue weighted by Gasteiger charge is -2.16. The summed E-state index contributed by atoms with van der Waals surface area (Å²) in [5, 5.41) is 0.537. The Balaban J connectivity index is 1.58. The van der Waals surface area contributed by atoms with Gasteiger partial charge in [-0.3, -0.25) is 14.4 Å². The number of Topliss-reactive ketones (excluding diaryl/α,β-unsaturated/α-hetero) is 1. The van der Waals surface area contributed by atoms with E-state index in [1.165, 1.54) is 6.92 Å². The molecule has 2 aromatic rings. The van der Waals surface area contributed by atoms with Gasteiger partial charge in [-0.15, -0.1) is 0 Å². The van der Waals surface area contributed by atoms with Crippen LogP contribution in [0.1, 0.15) is 29.3 Å². The average Bonchev–Trinajstić information content (AvgIpc) is 3.02. The number of hydrogen-bond acceptors (Lipinski definition) is 4. The first-order valence-electron chi connectivity index (χ1n) is 8.26. The number of ketones is 1. The molecule has 1 saturated heterocycles. The Bertz CT molecular complexity index is 847. The molecule has 1 aliphatic rings. The molecule has 1 atom stereocenters. The Hall–Kier alpha value is -2.66. The van der Waals surface area contributed by atoms with Gasteiger partial charge in [0.05, 0.1) is 5.92 Å². The number of amides is 1. The molecule has 0 N–H and O–H groups in total. The van der Waals surface area contributed by atoms with Crippen molar-refractivity contribution >= 4 is 34.9 Å². The van der Waals surface area contributed by atoms with Gasteiger partial charge in [-0.1, -0.05) is 41.9 Å². The monoisotopic (exact) mass is 371 g/mol. The molecule has 6 heteroatoms. The molecule has 1 fully saturated rings. The zero-order chi connectivity index (χ0) is 18.7. The maximum absolute atomic E-state index is 12.3. The number of benzene rings is 2. The third-order valence-corrected chi connectivity index (χ3v) is 4.55. The Kier molecular flexibility index (Phi) is 5.38. The van der Waals surface area contributed by atoms with Crippen LogP contribution >= 0.6 is 11.6 Å². The second-order valence-corrected chi connectivity index (χ2v) is 6.68. The van der Waals surface area contributed by atoms with E-state index in [4.69, 9.17) is 16.3 Å². The van der Waals surface area contributed by atoms with Crippen LogP contribution in [0.2, 0.25) is 5.02 Å². The number of esters is 1. The van der Waals surface area contributed by atoms with Crippen molar-refractivity contribution in [2.24, 2.45) is 5.92 Å². The van der Waals surface area contributed by atoms with Gasteiger partial charge in [0.2, 0.25) is 5.91 Å². The lowest BCUT2D eigenvalue weighted by atomic mass is 10.1. The minimum Gasteiger partial charge on any atom is -0.461 e. The van der Waals surface area contributed by atoms with Crippen LogP contribution in [-0.2, 0) is 20.9 Å².